The van der Waals surface area contributed by atoms with E-state index in [0.29, 0.717) is 28.3 Å². The molecular weight excluding hydrogens is 213 g/mol. The second kappa shape index (κ2) is 4.14. The van der Waals surface area contributed by atoms with Crippen LogP contribution in [0.3, 0.4) is 0 Å². The van der Waals surface area contributed by atoms with Crippen molar-refractivity contribution in [3.63, 3.8) is 0 Å². The number of hydrogen-bond acceptors (Lipinski definition) is 3. The van der Waals surface area contributed by atoms with Gasteiger partial charge in [-0.25, -0.2) is 4.39 Å². The van der Waals surface area contributed by atoms with E-state index in [9.17, 15) is 14.0 Å². The molecule has 0 spiro atoms. The molecule has 0 radical (unpaired) electrons. The zero-order chi connectivity index (χ0) is 11.5. The maximum Gasteiger partial charge on any atom is 0.293 e. The molecule has 0 saturated carbocycles. The Labute approximate surface area is 90.0 Å². The molecule has 1 aromatic carbocycles. The molecular formula is C11H8FNO3. The van der Waals surface area contributed by atoms with E-state index in [1.165, 1.54) is 18.3 Å². The Morgan fingerprint density at radius 1 is 1.38 bits per heavy atom. The molecule has 1 aromatic heterocycles. The van der Waals surface area contributed by atoms with Gasteiger partial charge < -0.3 is 9.72 Å². The van der Waals surface area contributed by atoms with Gasteiger partial charge in [-0.3, -0.25) is 9.59 Å². The summed E-state index contributed by atoms with van der Waals surface area (Å²) in [7, 11) is 0. The van der Waals surface area contributed by atoms with E-state index in [4.69, 9.17) is 0 Å². The van der Waals surface area contributed by atoms with Crippen molar-refractivity contribution >= 4 is 23.7 Å². The molecule has 4 nitrogen and oxygen atoms in total. The van der Waals surface area contributed by atoms with Crippen LogP contribution in [-0.4, -0.2) is 17.7 Å². The van der Waals surface area contributed by atoms with E-state index < -0.39 is 5.82 Å². The Morgan fingerprint density at radius 2 is 2.19 bits per heavy atom. The Bertz CT molecular complexity index is 547. The molecule has 2 aromatic rings. The van der Waals surface area contributed by atoms with E-state index in [1.54, 1.807) is 0 Å². The number of carbonyl (C=O) groups excluding carboxylic acids is 2. The number of carbonyl (C=O) groups is 2. The summed E-state index contributed by atoms with van der Waals surface area (Å²) < 4.78 is 17.8. The number of halogens is 1. The summed E-state index contributed by atoms with van der Waals surface area (Å²) in [6.07, 6.45) is 2.16. The molecule has 82 valence electrons. The van der Waals surface area contributed by atoms with Gasteiger partial charge in [0.25, 0.3) is 6.47 Å². The van der Waals surface area contributed by atoms with Gasteiger partial charge in [0.2, 0.25) is 0 Å². The van der Waals surface area contributed by atoms with Gasteiger partial charge in [0, 0.05) is 28.2 Å². The number of nitrogens with one attached hydrogen (secondary N) is 1. The molecule has 0 saturated heterocycles. The van der Waals surface area contributed by atoms with E-state index in [-0.39, 0.29) is 13.1 Å². The first-order valence-electron chi connectivity index (χ1n) is 4.56. The number of benzene rings is 1. The van der Waals surface area contributed by atoms with Crippen molar-refractivity contribution < 1.29 is 18.7 Å². The summed E-state index contributed by atoms with van der Waals surface area (Å²) in [6, 6.07) is 2.53. The summed E-state index contributed by atoms with van der Waals surface area (Å²) >= 11 is 0. The molecule has 0 atom stereocenters. The van der Waals surface area contributed by atoms with Crippen LogP contribution in [-0.2, 0) is 16.1 Å². The zero-order valence-electron chi connectivity index (χ0n) is 8.20. The molecule has 0 aliphatic carbocycles. The van der Waals surface area contributed by atoms with Crippen molar-refractivity contribution in [3.05, 3.63) is 35.3 Å². The fourth-order valence-corrected chi connectivity index (χ4v) is 1.68. The molecule has 0 bridgehead atoms. The molecule has 5 heteroatoms. The minimum atomic E-state index is -0.448. The predicted molar refractivity (Wildman–Crippen MR) is 54.5 cm³/mol. The van der Waals surface area contributed by atoms with Gasteiger partial charge in [-0.15, -0.1) is 0 Å². The van der Waals surface area contributed by atoms with Gasteiger partial charge in [0.1, 0.15) is 12.4 Å². The van der Waals surface area contributed by atoms with Crippen LogP contribution in [0.25, 0.3) is 10.9 Å². The van der Waals surface area contributed by atoms with Crippen molar-refractivity contribution in [3.8, 4) is 0 Å². The summed E-state index contributed by atoms with van der Waals surface area (Å²) in [5.41, 5.74) is 1.39. The standard InChI is InChI=1S/C11H8FNO3/c12-9-1-7(5-16-6-15)11-8(4-14)3-13-10(11)2-9/h1-4,6,13H,5H2. The molecule has 0 unspecified atom stereocenters. The number of aromatic amines is 1. The van der Waals surface area contributed by atoms with Gasteiger partial charge in [0.05, 0.1) is 0 Å². The molecule has 0 aliphatic heterocycles. The largest absolute Gasteiger partial charge is 0.463 e. The number of ether oxygens (including phenoxy) is 1. The summed E-state index contributed by atoms with van der Waals surface area (Å²) in [5.74, 6) is -0.448. The van der Waals surface area contributed by atoms with Crippen LogP contribution in [0.4, 0.5) is 4.39 Å². The summed E-state index contributed by atoms with van der Waals surface area (Å²) in [5, 5.41) is 0.582. The highest BCUT2D eigenvalue weighted by Gasteiger charge is 2.10. The molecule has 1 heterocycles. The lowest BCUT2D eigenvalue weighted by atomic mass is 10.1. The number of H-pyrrole nitrogens is 1. The van der Waals surface area contributed by atoms with E-state index in [1.807, 2.05) is 0 Å². The van der Waals surface area contributed by atoms with Crippen LogP contribution in [0.2, 0.25) is 0 Å². The lowest BCUT2D eigenvalue weighted by Crippen LogP contribution is -1.94. The van der Waals surface area contributed by atoms with Crippen molar-refractivity contribution in [1.82, 2.24) is 4.98 Å². The van der Waals surface area contributed by atoms with Gasteiger partial charge in [-0.2, -0.15) is 0 Å². The Kier molecular flexibility index (Phi) is 2.68. The first-order chi connectivity index (χ1) is 7.76. The lowest BCUT2D eigenvalue weighted by Gasteiger charge is -2.03. The number of aromatic nitrogens is 1. The van der Waals surface area contributed by atoms with Gasteiger partial charge in [-0.05, 0) is 12.1 Å². The number of aldehydes is 1. The molecule has 1 N–H and O–H groups in total. The van der Waals surface area contributed by atoms with Crippen LogP contribution < -0.4 is 0 Å². The fourth-order valence-electron chi connectivity index (χ4n) is 1.68. The molecule has 16 heavy (non-hydrogen) atoms. The number of rotatable bonds is 4. The van der Waals surface area contributed by atoms with E-state index >= 15 is 0 Å². The monoisotopic (exact) mass is 221 g/mol. The third kappa shape index (κ3) is 1.67. The summed E-state index contributed by atoms with van der Waals surface area (Å²) in [4.78, 5) is 23.6. The van der Waals surface area contributed by atoms with Crippen molar-refractivity contribution in [2.75, 3.05) is 0 Å². The number of hydrogen-bond donors (Lipinski definition) is 1. The highest BCUT2D eigenvalue weighted by atomic mass is 19.1. The van der Waals surface area contributed by atoms with E-state index in [2.05, 4.69) is 9.72 Å². The van der Waals surface area contributed by atoms with Crippen LogP contribution in [0.15, 0.2) is 18.3 Å². The zero-order valence-corrected chi connectivity index (χ0v) is 8.20. The SMILES string of the molecule is O=COCc1cc(F)cc2[nH]cc(C=O)c12. The Hall–Kier alpha value is -2.17. The smallest absolute Gasteiger partial charge is 0.293 e. The first-order valence-corrected chi connectivity index (χ1v) is 4.56. The van der Waals surface area contributed by atoms with Crippen LogP contribution in [0, 0.1) is 5.82 Å². The Balaban J connectivity index is 2.62. The van der Waals surface area contributed by atoms with Crippen molar-refractivity contribution in [2.24, 2.45) is 0 Å². The highest BCUT2D eigenvalue weighted by Crippen LogP contribution is 2.23. The predicted octanol–water partition coefficient (Wildman–Crippen LogP) is 1.79. The molecule has 0 fully saturated rings. The topological polar surface area (TPSA) is 59.2 Å². The van der Waals surface area contributed by atoms with Crippen LogP contribution in [0.5, 0.6) is 0 Å². The normalized spacial score (nSPS) is 10.3. The minimum absolute atomic E-state index is 0.0591. The average Bonchev–Trinajstić information content (AvgIpc) is 2.68. The van der Waals surface area contributed by atoms with E-state index in [0.717, 1.165) is 0 Å². The minimum Gasteiger partial charge on any atom is -0.463 e. The third-order valence-electron chi connectivity index (χ3n) is 2.29. The average molecular weight is 221 g/mol. The van der Waals surface area contributed by atoms with Gasteiger partial charge >= 0.3 is 0 Å². The maximum atomic E-state index is 13.2. The van der Waals surface area contributed by atoms with Crippen molar-refractivity contribution in [1.29, 1.82) is 0 Å². The fraction of sp³-hybridized carbons (Fsp3) is 0.0909. The van der Waals surface area contributed by atoms with Gasteiger partial charge in [-0.1, -0.05) is 0 Å². The first kappa shape index (κ1) is 10.4. The molecule has 0 amide bonds. The van der Waals surface area contributed by atoms with Gasteiger partial charge in [0.15, 0.2) is 6.29 Å². The highest BCUT2D eigenvalue weighted by molar-refractivity contribution is 5.99. The quantitative estimate of drug-likeness (QED) is 0.800. The summed E-state index contributed by atoms with van der Waals surface area (Å²) in [6.45, 7) is 0.223. The molecule has 2 rings (SSSR count). The Morgan fingerprint density at radius 3 is 2.88 bits per heavy atom. The lowest BCUT2D eigenvalue weighted by molar-refractivity contribution is -0.129. The number of fused-ring (bicyclic) bond motifs is 1. The second-order valence-corrected chi connectivity index (χ2v) is 3.26. The maximum absolute atomic E-state index is 13.2. The van der Waals surface area contributed by atoms with Crippen LogP contribution >= 0.6 is 0 Å². The third-order valence-corrected chi connectivity index (χ3v) is 2.29. The second-order valence-electron chi connectivity index (χ2n) is 3.26. The van der Waals surface area contributed by atoms with Crippen LogP contribution in [0.1, 0.15) is 15.9 Å². The molecule has 0 aliphatic rings. The van der Waals surface area contributed by atoms with Crippen molar-refractivity contribution in [2.45, 2.75) is 6.61 Å².